The van der Waals surface area contributed by atoms with Crippen LogP contribution in [0.15, 0.2) is 22.7 Å². The fourth-order valence-electron chi connectivity index (χ4n) is 2.66. The lowest BCUT2D eigenvalue weighted by Gasteiger charge is -2.38. The minimum Gasteiger partial charge on any atom is -0.312 e. The highest BCUT2D eigenvalue weighted by Crippen LogP contribution is 2.25. The van der Waals surface area contributed by atoms with Crippen molar-refractivity contribution in [2.24, 2.45) is 0 Å². The summed E-state index contributed by atoms with van der Waals surface area (Å²) in [5.74, 6) is 2.44. The topological polar surface area (TPSA) is 15.3 Å². The summed E-state index contributed by atoms with van der Waals surface area (Å²) in [6, 6.07) is 7.22. The van der Waals surface area contributed by atoms with E-state index < -0.39 is 0 Å². The number of hydrogen-bond donors (Lipinski definition) is 1. The van der Waals surface area contributed by atoms with E-state index in [1.165, 1.54) is 23.6 Å². The van der Waals surface area contributed by atoms with Crippen molar-refractivity contribution in [1.29, 1.82) is 0 Å². The molecule has 20 heavy (non-hydrogen) atoms. The largest absolute Gasteiger partial charge is 0.312 e. The molecule has 1 saturated heterocycles. The van der Waals surface area contributed by atoms with Gasteiger partial charge in [-0.3, -0.25) is 0 Å². The number of rotatable bonds is 5. The van der Waals surface area contributed by atoms with E-state index >= 15 is 0 Å². The molecule has 1 aliphatic heterocycles. The van der Waals surface area contributed by atoms with Crippen LogP contribution in [0.1, 0.15) is 12.5 Å². The predicted molar refractivity (Wildman–Crippen MR) is 94.1 cm³/mol. The first kappa shape index (κ1) is 16.6. The van der Waals surface area contributed by atoms with Crippen LogP contribution in [0.5, 0.6) is 0 Å². The Bertz CT molecular complexity index is 444. The average molecular weight is 378 g/mol. The van der Waals surface area contributed by atoms with Crippen LogP contribution in [0, 0.1) is 0 Å². The molecule has 2 rings (SSSR count). The number of likely N-dealkylation sites (N-methyl/N-ethyl adjacent to an activating group) is 2. The number of nitrogens with one attached hydrogen (secondary N) is 1. The highest BCUT2D eigenvalue weighted by Gasteiger charge is 2.27. The molecule has 0 radical (unpaired) electrons. The minimum atomic E-state index is 0.455. The van der Waals surface area contributed by atoms with Crippen LogP contribution in [0.3, 0.4) is 0 Å². The highest BCUT2D eigenvalue weighted by atomic mass is 79.9. The lowest BCUT2D eigenvalue weighted by atomic mass is 9.99. The van der Waals surface area contributed by atoms with Gasteiger partial charge >= 0.3 is 0 Å². The summed E-state index contributed by atoms with van der Waals surface area (Å²) in [5, 5.41) is 4.50. The standard InChI is InChI=1S/C15H22BrClN2S/c1-3-18-14(15-10-20-7-6-19(15)2)8-11-4-5-12(16)9-13(11)17/h4-5,9,14-15,18H,3,6-8,10H2,1-2H3. The zero-order valence-corrected chi connectivity index (χ0v) is 15.2. The Labute approximate surface area is 139 Å². The lowest BCUT2D eigenvalue weighted by molar-refractivity contribution is 0.215. The zero-order chi connectivity index (χ0) is 14.5. The first-order chi connectivity index (χ1) is 9.61. The van der Waals surface area contributed by atoms with E-state index in [2.05, 4.69) is 64.0 Å². The quantitative estimate of drug-likeness (QED) is 0.843. The van der Waals surface area contributed by atoms with Crippen LogP contribution < -0.4 is 5.32 Å². The Morgan fingerprint density at radius 3 is 3.00 bits per heavy atom. The Morgan fingerprint density at radius 1 is 1.55 bits per heavy atom. The molecule has 5 heteroatoms. The first-order valence-electron chi connectivity index (χ1n) is 7.07. The third kappa shape index (κ3) is 4.38. The van der Waals surface area contributed by atoms with E-state index in [9.17, 15) is 0 Å². The average Bonchev–Trinajstić information content (AvgIpc) is 2.42. The molecule has 0 saturated carbocycles. The van der Waals surface area contributed by atoms with Crippen LogP contribution in [0.4, 0.5) is 0 Å². The van der Waals surface area contributed by atoms with Crippen molar-refractivity contribution >= 4 is 39.3 Å². The van der Waals surface area contributed by atoms with Crippen LogP contribution >= 0.6 is 39.3 Å². The Kier molecular flexibility index (Phi) is 6.69. The summed E-state index contributed by atoms with van der Waals surface area (Å²) in [7, 11) is 2.23. The van der Waals surface area contributed by atoms with Gasteiger partial charge in [-0.1, -0.05) is 40.5 Å². The van der Waals surface area contributed by atoms with Crippen LogP contribution in [0.2, 0.25) is 5.02 Å². The molecule has 1 N–H and O–H groups in total. The number of halogens is 2. The molecule has 112 valence electrons. The third-order valence-electron chi connectivity index (χ3n) is 3.83. The fourth-order valence-corrected chi connectivity index (χ4v) is 4.72. The summed E-state index contributed by atoms with van der Waals surface area (Å²) in [6.45, 7) is 4.34. The van der Waals surface area contributed by atoms with Crippen LogP contribution in [-0.4, -0.2) is 48.6 Å². The number of benzene rings is 1. The smallest absolute Gasteiger partial charge is 0.0449 e. The molecule has 0 bridgehead atoms. The Hall–Kier alpha value is 0.260. The fraction of sp³-hybridized carbons (Fsp3) is 0.600. The van der Waals surface area contributed by atoms with Crippen molar-refractivity contribution in [1.82, 2.24) is 10.2 Å². The second kappa shape index (κ2) is 8.04. The van der Waals surface area contributed by atoms with Gasteiger partial charge in [-0.25, -0.2) is 0 Å². The van der Waals surface area contributed by atoms with Gasteiger partial charge in [0.15, 0.2) is 0 Å². The summed E-state index contributed by atoms with van der Waals surface area (Å²) in [6.07, 6.45) is 0.982. The highest BCUT2D eigenvalue weighted by molar-refractivity contribution is 9.10. The van der Waals surface area contributed by atoms with Crippen molar-refractivity contribution in [3.8, 4) is 0 Å². The zero-order valence-electron chi connectivity index (χ0n) is 12.0. The maximum Gasteiger partial charge on any atom is 0.0449 e. The van der Waals surface area contributed by atoms with Crippen molar-refractivity contribution in [3.63, 3.8) is 0 Å². The van der Waals surface area contributed by atoms with Crippen LogP contribution in [0.25, 0.3) is 0 Å². The summed E-state index contributed by atoms with van der Waals surface area (Å²) in [4.78, 5) is 2.48. The van der Waals surface area contributed by atoms with Gasteiger partial charge in [-0.05, 0) is 37.7 Å². The van der Waals surface area contributed by atoms with E-state index in [1.54, 1.807) is 0 Å². The molecule has 1 fully saturated rings. The molecular weight excluding hydrogens is 356 g/mol. The third-order valence-corrected chi connectivity index (χ3v) is 5.72. The minimum absolute atomic E-state index is 0.455. The first-order valence-corrected chi connectivity index (χ1v) is 9.39. The normalized spacial score (nSPS) is 21.9. The molecule has 2 nitrogen and oxygen atoms in total. The molecule has 0 spiro atoms. The Morgan fingerprint density at radius 2 is 2.35 bits per heavy atom. The maximum atomic E-state index is 6.37. The van der Waals surface area contributed by atoms with Gasteiger partial charge < -0.3 is 10.2 Å². The number of nitrogens with zero attached hydrogens (tertiary/aromatic N) is 1. The number of thioether (sulfide) groups is 1. The second-order valence-electron chi connectivity index (χ2n) is 5.23. The SMILES string of the molecule is CCNC(Cc1ccc(Br)cc1Cl)C1CSCCN1C. The van der Waals surface area contributed by atoms with Crippen molar-refractivity contribution < 1.29 is 0 Å². The molecule has 0 aliphatic carbocycles. The van der Waals surface area contributed by atoms with Crippen molar-refractivity contribution in [2.45, 2.75) is 25.4 Å². The molecule has 2 atom stereocenters. The van der Waals surface area contributed by atoms with E-state index in [0.717, 1.165) is 22.5 Å². The van der Waals surface area contributed by atoms with Crippen molar-refractivity contribution in [3.05, 3.63) is 33.3 Å². The monoisotopic (exact) mass is 376 g/mol. The summed E-state index contributed by atoms with van der Waals surface area (Å²) in [5.41, 5.74) is 1.23. The Balaban J connectivity index is 2.11. The molecule has 1 aromatic rings. The molecule has 2 unspecified atom stereocenters. The number of hydrogen-bond acceptors (Lipinski definition) is 3. The predicted octanol–water partition coefficient (Wildman–Crippen LogP) is 3.67. The molecule has 1 aliphatic rings. The molecular formula is C15H22BrClN2S. The summed E-state index contributed by atoms with van der Waals surface area (Å²) < 4.78 is 1.04. The lowest BCUT2D eigenvalue weighted by Crippen LogP contribution is -2.53. The van der Waals surface area contributed by atoms with Gasteiger partial charge in [0, 0.05) is 39.6 Å². The molecule has 1 heterocycles. The maximum absolute atomic E-state index is 6.37. The van der Waals surface area contributed by atoms with Gasteiger partial charge in [0.25, 0.3) is 0 Å². The van der Waals surface area contributed by atoms with Gasteiger partial charge in [-0.2, -0.15) is 11.8 Å². The second-order valence-corrected chi connectivity index (χ2v) is 7.70. The molecule has 1 aromatic carbocycles. The van der Waals surface area contributed by atoms with Crippen LogP contribution in [-0.2, 0) is 6.42 Å². The molecule has 0 aromatic heterocycles. The van der Waals surface area contributed by atoms with Gasteiger partial charge in [-0.15, -0.1) is 0 Å². The van der Waals surface area contributed by atoms with E-state index in [-0.39, 0.29) is 0 Å². The van der Waals surface area contributed by atoms with E-state index in [1.807, 2.05) is 6.07 Å². The molecule has 0 amide bonds. The van der Waals surface area contributed by atoms with E-state index in [4.69, 9.17) is 11.6 Å². The van der Waals surface area contributed by atoms with Gasteiger partial charge in [0.2, 0.25) is 0 Å². The van der Waals surface area contributed by atoms with E-state index in [0.29, 0.717) is 12.1 Å². The summed E-state index contributed by atoms with van der Waals surface area (Å²) >= 11 is 11.9. The van der Waals surface area contributed by atoms with Crippen molar-refractivity contribution in [2.75, 3.05) is 31.6 Å². The van der Waals surface area contributed by atoms with Gasteiger partial charge in [0.1, 0.15) is 0 Å². The van der Waals surface area contributed by atoms with Gasteiger partial charge in [0.05, 0.1) is 0 Å².